The minimum atomic E-state index is 0.732. The summed E-state index contributed by atoms with van der Waals surface area (Å²) in [6, 6.07) is 0.732. The summed E-state index contributed by atoms with van der Waals surface area (Å²) in [7, 11) is 2.24. The van der Waals surface area contributed by atoms with Crippen molar-refractivity contribution in [1.29, 1.82) is 0 Å². The molecule has 3 nitrogen and oxygen atoms in total. The molecule has 1 unspecified atom stereocenters. The molecule has 0 saturated carbocycles. The van der Waals surface area contributed by atoms with Gasteiger partial charge in [0.05, 0.1) is 0 Å². The smallest absolute Gasteiger partial charge is 0.0223 e. The molecule has 14 heavy (non-hydrogen) atoms. The standard InChI is InChI=1S/C11H25N3/c1-10(2)8-11-9-14(5-4-12)7-6-13(11)3/h10-11H,4-9,12H2,1-3H3. The van der Waals surface area contributed by atoms with Gasteiger partial charge in [-0.15, -0.1) is 0 Å². The van der Waals surface area contributed by atoms with Gasteiger partial charge in [0.15, 0.2) is 0 Å². The van der Waals surface area contributed by atoms with E-state index < -0.39 is 0 Å². The fourth-order valence-electron chi connectivity index (χ4n) is 2.19. The normalized spacial score (nSPS) is 25.9. The molecule has 1 aliphatic heterocycles. The highest BCUT2D eigenvalue weighted by molar-refractivity contribution is 4.80. The van der Waals surface area contributed by atoms with Gasteiger partial charge in [-0.25, -0.2) is 0 Å². The van der Waals surface area contributed by atoms with E-state index in [0.29, 0.717) is 0 Å². The van der Waals surface area contributed by atoms with Crippen LogP contribution in [0.3, 0.4) is 0 Å². The van der Waals surface area contributed by atoms with Gasteiger partial charge in [-0.3, -0.25) is 4.90 Å². The van der Waals surface area contributed by atoms with Gasteiger partial charge in [0.1, 0.15) is 0 Å². The van der Waals surface area contributed by atoms with Crippen molar-refractivity contribution in [1.82, 2.24) is 9.80 Å². The van der Waals surface area contributed by atoms with E-state index in [-0.39, 0.29) is 0 Å². The van der Waals surface area contributed by atoms with Crippen molar-refractivity contribution in [2.45, 2.75) is 26.3 Å². The Kier molecular flexibility index (Phi) is 4.85. The summed E-state index contributed by atoms with van der Waals surface area (Å²) in [5.74, 6) is 0.792. The second-order valence-electron chi connectivity index (χ2n) is 4.85. The molecule has 0 aromatic carbocycles. The van der Waals surface area contributed by atoms with Crippen LogP contribution in [0.1, 0.15) is 20.3 Å². The third-order valence-corrected chi connectivity index (χ3v) is 3.05. The van der Waals surface area contributed by atoms with Gasteiger partial charge >= 0.3 is 0 Å². The minimum absolute atomic E-state index is 0.732. The number of piperazine rings is 1. The molecule has 1 saturated heterocycles. The molecule has 3 heteroatoms. The quantitative estimate of drug-likeness (QED) is 0.720. The minimum Gasteiger partial charge on any atom is -0.329 e. The number of likely N-dealkylation sites (N-methyl/N-ethyl adjacent to an activating group) is 1. The predicted molar refractivity (Wildman–Crippen MR) is 61.4 cm³/mol. The van der Waals surface area contributed by atoms with Crippen LogP contribution < -0.4 is 5.73 Å². The molecule has 1 fully saturated rings. The molecule has 0 aromatic heterocycles. The second kappa shape index (κ2) is 5.69. The first-order chi connectivity index (χ1) is 6.63. The first-order valence-electron chi connectivity index (χ1n) is 5.76. The summed E-state index contributed by atoms with van der Waals surface area (Å²) < 4.78 is 0. The maximum Gasteiger partial charge on any atom is 0.0223 e. The number of nitrogens with zero attached hydrogens (tertiary/aromatic N) is 2. The number of rotatable bonds is 4. The molecule has 1 atom stereocenters. The Morgan fingerprint density at radius 2 is 2.07 bits per heavy atom. The Bertz CT molecular complexity index is 159. The molecule has 0 bridgehead atoms. The summed E-state index contributed by atoms with van der Waals surface area (Å²) in [6.07, 6.45) is 1.30. The first kappa shape index (κ1) is 12.0. The maximum absolute atomic E-state index is 5.59. The van der Waals surface area contributed by atoms with Gasteiger partial charge in [-0.05, 0) is 19.4 Å². The van der Waals surface area contributed by atoms with Crippen LogP contribution in [0.2, 0.25) is 0 Å². The summed E-state index contributed by atoms with van der Waals surface area (Å²) in [5, 5.41) is 0. The van der Waals surface area contributed by atoms with Crippen LogP contribution in [0.15, 0.2) is 0 Å². The van der Waals surface area contributed by atoms with Gasteiger partial charge in [-0.1, -0.05) is 13.8 Å². The van der Waals surface area contributed by atoms with Crippen LogP contribution in [0.5, 0.6) is 0 Å². The Labute approximate surface area is 88.2 Å². The lowest BCUT2D eigenvalue weighted by Gasteiger charge is -2.40. The molecule has 0 aromatic rings. The van der Waals surface area contributed by atoms with Crippen molar-refractivity contribution >= 4 is 0 Å². The van der Waals surface area contributed by atoms with Crippen molar-refractivity contribution in [2.75, 3.05) is 39.8 Å². The van der Waals surface area contributed by atoms with E-state index >= 15 is 0 Å². The molecule has 0 amide bonds. The number of hydrogen-bond donors (Lipinski definition) is 1. The van der Waals surface area contributed by atoms with E-state index in [1.807, 2.05) is 0 Å². The Morgan fingerprint density at radius 3 is 2.64 bits per heavy atom. The van der Waals surface area contributed by atoms with Gasteiger partial charge in [0, 0.05) is 38.8 Å². The third kappa shape index (κ3) is 3.56. The lowest BCUT2D eigenvalue weighted by molar-refractivity contribution is 0.0854. The zero-order chi connectivity index (χ0) is 10.6. The Hall–Kier alpha value is -0.120. The van der Waals surface area contributed by atoms with E-state index in [2.05, 4.69) is 30.7 Å². The van der Waals surface area contributed by atoms with Gasteiger partial charge < -0.3 is 10.6 Å². The molecule has 0 spiro atoms. The highest BCUT2D eigenvalue weighted by Crippen LogP contribution is 2.15. The van der Waals surface area contributed by atoms with Crippen LogP contribution in [-0.2, 0) is 0 Å². The number of hydrogen-bond acceptors (Lipinski definition) is 3. The van der Waals surface area contributed by atoms with E-state index in [4.69, 9.17) is 5.73 Å². The first-order valence-corrected chi connectivity index (χ1v) is 5.76. The Morgan fingerprint density at radius 1 is 1.36 bits per heavy atom. The summed E-state index contributed by atoms with van der Waals surface area (Å²) in [5.41, 5.74) is 5.59. The lowest BCUT2D eigenvalue weighted by atomic mass is 10.0. The van der Waals surface area contributed by atoms with Crippen molar-refractivity contribution < 1.29 is 0 Å². The average Bonchev–Trinajstić information content (AvgIpc) is 2.10. The van der Waals surface area contributed by atoms with Crippen LogP contribution in [-0.4, -0.2) is 55.6 Å². The largest absolute Gasteiger partial charge is 0.329 e. The molecule has 84 valence electrons. The molecular formula is C11H25N3. The lowest BCUT2D eigenvalue weighted by Crippen LogP contribution is -2.52. The molecule has 1 aliphatic rings. The average molecular weight is 199 g/mol. The van der Waals surface area contributed by atoms with Crippen molar-refractivity contribution in [2.24, 2.45) is 11.7 Å². The van der Waals surface area contributed by atoms with E-state index in [0.717, 1.165) is 25.0 Å². The maximum atomic E-state index is 5.59. The molecule has 0 aliphatic carbocycles. The monoisotopic (exact) mass is 199 g/mol. The molecular weight excluding hydrogens is 174 g/mol. The predicted octanol–water partition coefficient (Wildman–Crippen LogP) is 0.607. The Balaban J connectivity index is 2.38. The summed E-state index contributed by atoms with van der Waals surface area (Å²) >= 11 is 0. The van der Waals surface area contributed by atoms with Crippen molar-refractivity contribution in [3.8, 4) is 0 Å². The summed E-state index contributed by atoms with van der Waals surface area (Å²) in [4.78, 5) is 4.99. The summed E-state index contributed by atoms with van der Waals surface area (Å²) in [6.45, 7) is 10.0. The van der Waals surface area contributed by atoms with Crippen LogP contribution in [0, 0.1) is 5.92 Å². The van der Waals surface area contributed by atoms with E-state index in [9.17, 15) is 0 Å². The SMILES string of the molecule is CC(C)CC1CN(CCN)CCN1C. The van der Waals surface area contributed by atoms with Gasteiger partial charge in [0.2, 0.25) is 0 Å². The fraction of sp³-hybridized carbons (Fsp3) is 1.00. The third-order valence-electron chi connectivity index (χ3n) is 3.05. The molecule has 2 N–H and O–H groups in total. The topological polar surface area (TPSA) is 32.5 Å². The van der Waals surface area contributed by atoms with Crippen LogP contribution in [0.25, 0.3) is 0 Å². The number of nitrogens with two attached hydrogens (primary N) is 1. The van der Waals surface area contributed by atoms with E-state index in [1.165, 1.54) is 26.1 Å². The highest BCUT2D eigenvalue weighted by Gasteiger charge is 2.23. The van der Waals surface area contributed by atoms with Crippen LogP contribution >= 0.6 is 0 Å². The molecule has 0 radical (unpaired) electrons. The molecule has 1 rings (SSSR count). The molecule has 1 heterocycles. The van der Waals surface area contributed by atoms with E-state index in [1.54, 1.807) is 0 Å². The van der Waals surface area contributed by atoms with Gasteiger partial charge in [-0.2, -0.15) is 0 Å². The second-order valence-corrected chi connectivity index (χ2v) is 4.85. The van der Waals surface area contributed by atoms with Crippen LogP contribution in [0.4, 0.5) is 0 Å². The zero-order valence-electron chi connectivity index (χ0n) is 9.87. The van der Waals surface area contributed by atoms with Gasteiger partial charge in [0.25, 0.3) is 0 Å². The highest BCUT2D eigenvalue weighted by atomic mass is 15.3. The fourth-order valence-corrected chi connectivity index (χ4v) is 2.19. The van der Waals surface area contributed by atoms with Crippen molar-refractivity contribution in [3.05, 3.63) is 0 Å². The zero-order valence-corrected chi connectivity index (χ0v) is 9.87. The van der Waals surface area contributed by atoms with Crippen molar-refractivity contribution in [3.63, 3.8) is 0 Å².